The number of fused-ring (bicyclic) bond motifs is 1. The molecular formula is C16H19N3O5S. The molecule has 1 aromatic carbocycles. The summed E-state index contributed by atoms with van der Waals surface area (Å²) in [6, 6.07) is 6.12. The third-order valence-corrected chi connectivity index (χ3v) is 5.94. The first-order valence-electron chi connectivity index (χ1n) is 7.74. The molecular weight excluding hydrogens is 346 g/mol. The molecule has 9 heteroatoms. The molecule has 25 heavy (non-hydrogen) atoms. The minimum Gasteiger partial charge on any atom is -0.492 e. The normalized spacial score (nSPS) is 27.9. The van der Waals surface area contributed by atoms with Gasteiger partial charge in [0.1, 0.15) is 29.2 Å². The lowest BCUT2D eigenvalue weighted by Gasteiger charge is -2.52. The summed E-state index contributed by atoms with van der Waals surface area (Å²) < 4.78 is 5.66. The summed E-state index contributed by atoms with van der Waals surface area (Å²) in [5.74, 6) is -0.573. The predicted molar refractivity (Wildman–Crippen MR) is 92.2 cm³/mol. The van der Waals surface area contributed by atoms with Crippen LogP contribution in [0.1, 0.15) is 6.92 Å². The van der Waals surface area contributed by atoms with Gasteiger partial charge in [-0.1, -0.05) is 0 Å². The highest BCUT2D eigenvalue weighted by Crippen LogP contribution is 2.41. The van der Waals surface area contributed by atoms with Gasteiger partial charge < -0.3 is 25.8 Å². The molecule has 134 valence electrons. The zero-order valence-corrected chi connectivity index (χ0v) is 14.4. The van der Waals surface area contributed by atoms with Gasteiger partial charge in [-0.25, -0.2) is 0 Å². The van der Waals surface area contributed by atoms with Gasteiger partial charge in [0.2, 0.25) is 11.8 Å². The third kappa shape index (κ3) is 3.29. The van der Waals surface area contributed by atoms with E-state index in [1.807, 2.05) is 0 Å². The van der Waals surface area contributed by atoms with Crippen LogP contribution in [0.25, 0.3) is 0 Å². The van der Waals surface area contributed by atoms with Gasteiger partial charge in [-0.15, -0.1) is 11.8 Å². The zero-order chi connectivity index (χ0) is 18.2. The van der Waals surface area contributed by atoms with E-state index in [0.29, 0.717) is 17.2 Å². The van der Waals surface area contributed by atoms with Crippen molar-refractivity contribution in [1.82, 2.24) is 4.90 Å². The maximum Gasteiger partial charge on any atom is 0.315 e. The number of carbonyl (C=O) groups is 3. The quantitative estimate of drug-likeness (QED) is 0.643. The zero-order valence-electron chi connectivity index (χ0n) is 13.6. The number of amides is 2. The van der Waals surface area contributed by atoms with Crippen LogP contribution in [0.2, 0.25) is 0 Å². The molecule has 0 aliphatic carbocycles. The Labute approximate surface area is 148 Å². The summed E-state index contributed by atoms with van der Waals surface area (Å²) in [5.41, 5.74) is 5.19. The lowest BCUT2D eigenvalue weighted by Crippen LogP contribution is -2.72. The number of thioether (sulfide) groups is 1. The molecule has 2 unspecified atom stereocenters. The Kier molecular flexibility index (Phi) is 4.61. The Morgan fingerprint density at radius 2 is 2.12 bits per heavy atom. The van der Waals surface area contributed by atoms with E-state index in [2.05, 4.69) is 5.32 Å². The molecule has 2 saturated heterocycles. The number of rotatable bonds is 5. The van der Waals surface area contributed by atoms with Gasteiger partial charge in [-0.3, -0.25) is 14.4 Å². The highest BCUT2D eigenvalue weighted by molar-refractivity contribution is 8.00. The summed E-state index contributed by atoms with van der Waals surface area (Å²) in [6.45, 7) is 1.45. The molecule has 2 heterocycles. The fourth-order valence-corrected chi connectivity index (χ4v) is 4.34. The van der Waals surface area contributed by atoms with Crippen LogP contribution in [0.15, 0.2) is 24.3 Å². The van der Waals surface area contributed by atoms with Crippen LogP contribution in [-0.4, -0.2) is 58.1 Å². The number of benzene rings is 1. The number of carboxylic acid groups (broad SMARTS) is 1. The van der Waals surface area contributed by atoms with E-state index >= 15 is 0 Å². The van der Waals surface area contributed by atoms with Gasteiger partial charge in [0.05, 0.1) is 0 Å². The van der Waals surface area contributed by atoms with Crippen molar-refractivity contribution in [1.29, 1.82) is 0 Å². The number of anilines is 1. The molecule has 2 aliphatic rings. The van der Waals surface area contributed by atoms with Crippen molar-refractivity contribution >= 4 is 35.2 Å². The summed E-state index contributed by atoms with van der Waals surface area (Å²) >= 11 is 1.38. The van der Waals surface area contributed by atoms with E-state index in [9.17, 15) is 19.5 Å². The number of carbonyl (C=O) groups excluding carboxylic acids is 2. The molecule has 2 fully saturated rings. The first-order chi connectivity index (χ1) is 11.8. The second kappa shape index (κ2) is 6.57. The molecule has 3 atom stereocenters. The molecule has 0 spiro atoms. The average Bonchev–Trinajstić information content (AvgIpc) is 2.59. The van der Waals surface area contributed by atoms with Gasteiger partial charge >= 0.3 is 5.97 Å². The van der Waals surface area contributed by atoms with Gasteiger partial charge in [0, 0.05) is 24.9 Å². The van der Waals surface area contributed by atoms with Crippen molar-refractivity contribution in [2.75, 3.05) is 24.2 Å². The Bertz CT molecular complexity index is 710. The maximum absolute atomic E-state index is 11.8. The fraction of sp³-hybridized carbons (Fsp3) is 0.438. The first-order valence-corrected chi connectivity index (χ1v) is 8.79. The topological polar surface area (TPSA) is 122 Å². The number of hydrogen-bond donors (Lipinski definition) is 3. The van der Waals surface area contributed by atoms with E-state index in [0.717, 1.165) is 0 Å². The monoisotopic (exact) mass is 365 g/mol. The van der Waals surface area contributed by atoms with E-state index in [-0.39, 0.29) is 30.3 Å². The molecule has 4 N–H and O–H groups in total. The third-order valence-electron chi connectivity index (χ3n) is 4.33. The smallest absolute Gasteiger partial charge is 0.315 e. The van der Waals surface area contributed by atoms with Crippen LogP contribution in [0.4, 0.5) is 5.69 Å². The van der Waals surface area contributed by atoms with Gasteiger partial charge in [-0.2, -0.15) is 0 Å². The molecule has 0 aromatic heterocycles. The molecule has 3 rings (SSSR count). The SMILES string of the molecule is CC(=O)Nc1ccc(OCC2(C(=O)O)CS[C@@H]3C(N)C(=O)N3C2)cc1. The lowest BCUT2D eigenvalue weighted by atomic mass is 9.88. The predicted octanol–water partition coefficient (Wildman–Crippen LogP) is 0.337. The minimum absolute atomic E-state index is 0.0550. The molecule has 2 amide bonds. The van der Waals surface area contributed by atoms with Gasteiger partial charge in [-0.05, 0) is 24.3 Å². The van der Waals surface area contributed by atoms with Crippen molar-refractivity contribution < 1.29 is 24.2 Å². The Hall–Kier alpha value is -2.26. The summed E-state index contributed by atoms with van der Waals surface area (Å²) in [4.78, 5) is 36.2. The number of nitrogens with zero attached hydrogens (tertiary/aromatic N) is 1. The Morgan fingerprint density at radius 3 is 2.72 bits per heavy atom. The van der Waals surface area contributed by atoms with Crippen LogP contribution < -0.4 is 15.8 Å². The number of nitrogens with two attached hydrogens (primary N) is 1. The summed E-state index contributed by atoms with van der Waals surface area (Å²) in [6.07, 6.45) is 0. The summed E-state index contributed by atoms with van der Waals surface area (Å²) in [5, 5.41) is 12.2. The number of ether oxygens (including phenoxy) is 1. The van der Waals surface area contributed by atoms with Crippen molar-refractivity contribution in [3.05, 3.63) is 24.3 Å². The fourth-order valence-electron chi connectivity index (χ4n) is 2.87. The van der Waals surface area contributed by atoms with E-state index < -0.39 is 17.4 Å². The van der Waals surface area contributed by atoms with Crippen LogP contribution in [0.5, 0.6) is 5.75 Å². The standard InChI is InChI=1S/C16H19N3O5S/c1-9(20)18-10-2-4-11(5-3-10)24-7-16(15(22)23)6-19-13(21)12(17)14(19)25-8-16/h2-5,12,14H,6-8,17H2,1H3,(H,18,20)(H,22,23)/t12?,14-,16?/m1/s1. The van der Waals surface area contributed by atoms with E-state index in [1.165, 1.54) is 23.6 Å². The van der Waals surface area contributed by atoms with Crippen molar-refractivity contribution in [3.63, 3.8) is 0 Å². The Balaban J connectivity index is 1.66. The van der Waals surface area contributed by atoms with Crippen LogP contribution in [0.3, 0.4) is 0 Å². The Morgan fingerprint density at radius 1 is 1.44 bits per heavy atom. The van der Waals surface area contributed by atoms with Crippen LogP contribution in [0, 0.1) is 5.41 Å². The molecule has 0 bridgehead atoms. The maximum atomic E-state index is 11.8. The molecule has 8 nitrogen and oxygen atoms in total. The van der Waals surface area contributed by atoms with E-state index in [1.54, 1.807) is 24.3 Å². The van der Waals surface area contributed by atoms with Gasteiger partial charge in [0.25, 0.3) is 0 Å². The van der Waals surface area contributed by atoms with Crippen molar-refractivity contribution in [2.24, 2.45) is 11.1 Å². The molecule has 1 aromatic rings. The summed E-state index contributed by atoms with van der Waals surface area (Å²) in [7, 11) is 0. The molecule has 2 aliphatic heterocycles. The number of β-lactam (4-membered cyclic amide) rings is 1. The largest absolute Gasteiger partial charge is 0.492 e. The van der Waals surface area contributed by atoms with Crippen LogP contribution in [-0.2, 0) is 14.4 Å². The number of nitrogens with one attached hydrogen (secondary N) is 1. The van der Waals surface area contributed by atoms with Crippen molar-refractivity contribution in [3.8, 4) is 5.75 Å². The highest BCUT2D eigenvalue weighted by atomic mass is 32.2. The lowest BCUT2D eigenvalue weighted by molar-refractivity contribution is -0.158. The highest BCUT2D eigenvalue weighted by Gasteiger charge is 2.56. The number of aliphatic carboxylic acids is 1. The minimum atomic E-state index is -1.17. The molecule has 0 radical (unpaired) electrons. The van der Waals surface area contributed by atoms with Gasteiger partial charge in [0.15, 0.2) is 0 Å². The second-order valence-corrected chi connectivity index (χ2v) is 7.38. The van der Waals surface area contributed by atoms with Crippen molar-refractivity contribution in [2.45, 2.75) is 18.3 Å². The second-order valence-electron chi connectivity index (χ2n) is 6.27. The average molecular weight is 365 g/mol. The van der Waals surface area contributed by atoms with Crippen LogP contribution >= 0.6 is 11.8 Å². The number of carboxylic acids is 1. The molecule has 0 saturated carbocycles. The number of hydrogen-bond acceptors (Lipinski definition) is 6. The first kappa shape index (κ1) is 17.6. The van der Waals surface area contributed by atoms with E-state index in [4.69, 9.17) is 10.5 Å².